The summed E-state index contributed by atoms with van der Waals surface area (Å²) in [6, 6.07) is 0.625. The van der Waals surface area contributed by atoms with Crippen molar-refractivity contribution >= 4 is 16.5 Å². The van der Waals surface area contributed by atoms with Crippen molar-refractivity contribution < 1.29 is 0 Å². The zero-order valence-corrected chi connectivity index (χ0v) is 14.1. The smallest absolute Gasteiger partial charge is 0.185 e. The molecule has 1 aliphatic heterocycles. The summed E-state index contributed by atoms with van der Waals surface area (Å²) in [5, 5.41) is 4.64. The topological polar surface area (TPSA) is 31.4 Å². The summed E-state index contributed by atoms with van der Waals surface area (Å²) in [4.78, 5) is 11.3. The molecule has 0 radical (unpaired) electrons. The molecule has 1 fully saturated rings. The molecule has 0 aliphatic carbocycles. The van der Waals surface area contributed by atoms with Crippen LogP contribution in [0.1, 0.15) is 38.3 Å². The lowest BCUT2D eigenvalue weighted by molar-refractivity contribution is 0.199. The number of nitrogens with zero attached hydrogens (tertiary/aromatic N) is 3. The zero-order chi connectivity index (χ0) is 14.5. The number of likely N-dealkylation sites (N-methyl/N-ethyl adjacent to an activating group) is 1. The molecule has 1 saturated heterocycles. The van der Waals surface area contributed by atoms with Crippen LogP contribution in [0.3, 0.4) is 0 Å². The summed E-state index contributed by atoms with van der Waals surface area (Å²) in [6.45, 7) is 15.4. The number of hydrogen-bond acceptors (Lipinski definition) is 5. The number of rotatable bonds is 6. The highest BCUT2D eigenvalue weighted by Gasteiger charge is 2.25. The van der Waals surface area contributed by atoms with Crippen LogP contribution in [0.25, 0.3) is 0 Å². The van der Waals surface area contributed by atoms with Crippen LogP contribution in [0.15, 0.2) is 0 Å². The molecule has 20 heavy (non-hydrogen) atoms. The largest absolute Gasteiger partial charge is 0.345 e. The quantitative estimate of drug-likeness (QED) is 0.873. The van der Waals surface area contributed by atoms with Crippen molar-refractivity contribution in [2.75, 3.05) is 37.6 Å². The molecule has 1 N–H and O–H groups in total. The number of thiazole rings is 1. The Kier molecular flexibility index (Phi) is 5.81. The summed E-state index contributed by atoms with van der Waals surface area (Å²) in [6.07, 6.45) is 1.03. The van der Waals surface area contributed by atoms with Gasteiger partial charge in [0.25, 0.3) is 0 Å². The first-order valence-electron chi connectivity index (χ1n) is 7.87. The molecule has 1 aromatic rings. The summed E-state index contributed by atoms with van der Waals surface area (Å²) in [7, 11) is 0. The summed E-state index contributed by atoms with van der Waals surface area (Å²) >= 11 is 1.88. The number of aromatic nitrogens is 1. The molecule has 1 aliphatic rings. The van der Waals surface area contributed by atoms with E-state index in [-0.39, 0.29) is 0 Å². The second-order valence-electron chi connectivity index (χ2n) is 5.42. The fourth-order valence-corrected chi connectivity index (χ4v) is 3.95. The van der Waals surface area contributed by atoms with Crippen LogP contribution in [0, 0.1) is 0 Å². The second-order valence-corrected chi connectivity index (χ2v) is 6.49. The minimum atomic E-state index is 0.625. The molecule has 2 heterocycles. The zero-order valence-electron chi connectivity index (χ0n) is 13.3. The maximum atomic E-state index is 4.88. The molecular formula is C15H28N4S. The van der Waals surface area contributed by atoms with Crippen LogP contribution >= 0.6 is 11.3 Å². The van der Waals surface area contributed by atoms with Gasteiger partial charge in [0, 0.05) is 37.1 Å². The van der Waals surface area contributed by atoms with Crippen LogP contribution < -0.4 is 10.2 Å². The Bertz CT molecular complexity index is 418. The minimum Gasteiger partial charge on any atom is -0.345 e. The Balaban J connectivity index is 2.07. The van der Waals surface area contributed by atoms with Gasteiger partial charge >= 0.3 is 0 Å². The first-order valence-corrected chi connectivity index (χ1v) is 8.69. The lowest BCUT2D eigenvalue weighted by Gasteiger charge is -2.39. The molecule has 1 unspecified atom stereocenters. The van der Waals surface area contributed by atoms with Crippen molar-refractivity contribution in [3.8, 4) is 0 Å². The Morgan fingerprint density at radius 3 is 2.70 bits per heavy atom. The first kappa shape index (κ1) is 15.7. The van der Waals surface area contributed by atoms with E-state index < -0.39 is 0 Å². The lowest BCUT2D eigenvalue weighted by Crippen LogP contribution is -2.51. The van der Waals surface area contributed by atoms with Crippen LogP contribution in [-0.4, -0.2) is 48.6 Å². The predicted octanol–water partition coefficient (Wildman–Crippen LogP) is 2.35. The van der Waals surface area contributed by atoms with Gasteiger partial charge in [-0.2, -0.15) is 0 Å². The first-order chi connectivity index (χ1) is 9.69. The van der Waals surface area contributed by atoms with E-state index in [4.69, 9.17) is 4.98 Å². The number of anilines is 1. The van der Waals surface area contributed by atoms with E-state index in [1.807, 2.05) is 11.3 Å². The van der Waals surface area contributed by atoms with Gasteiger partial charge in [-0.3, -0.25) is 4.90 Å². The minimum absolute atomic E-state index is 0.625. The van der Waals surface area contributed by atoms with Gasteiger partial charge in [0.2, 0.25) is 0 Å². The van der Waals surface area contributed by atoms with Gasteiger partial charge < -0.3 is 10.2 Å². The van der Waals surface area contributed by atoms with Crippen molar-refractivity contribution in [1.82, 2.24) is 15.2 Å². The van der Waals surface area contributed by atoms with E-state index in [2.05, 4.69) is 42.8 Å². The number of aryl methyl sites for hydroxylation is 1. The summed E-state index contributed by atoms with van der Waals surface area (Å²) in [5.41, 5.74) is 1.27. The van der Waals surface area contributed by atoms with Gasteiger partial charge in [0.1, 0.15) is 0 Å². The van der Waals surface area contributed by atoms with E-state index in [0.29, 0.717) is 6.04 Å². The Morgan fingerprint density at radius 2 is 2.10 bits per heavy atom. The third-order valence-corrected chi connectivity index (χ3v) is 5.24. The van der Waals surface area contributed by atoms with Crippen LogP contribution in [0.5, 0.6) is 0 Å². The number of piperazine rings is 1. The predicted molar refractivity (Wildman–Crippen MR) is 87.8 cm³/mol. The SMILES string of the molecule is CCNCc1sc(N2CCN(CC)C(C)C2)nc1CC. The molecule has 0 spiro atoms. The van der Waals surface area contributed by atoms with E-state index in [1.54, 1.807) is 0 Å². The van der Waals surface area contributed by atoms with Crippen molar-refractivity contribution in [3.63, 3.8) is 0 Å². The maximum absolute atomic E-state index is 4.88. The lowest BCUT2D eigenvalue weighted by atomic mass is 10.2. The van der Waals surface area contributed by atoms with Gasteiger partial charge in [0.15, 0.2) is 5.13 Å². The molecule has 0 aromatic carbocycles. The van der Waals surface area contributed by atoms with Crippen molar-refractivity contribution in [3.05, 3.63) is 10.6 Å². The maximum Gasteiger partial charge on any atom is 0.185 e. The highest BCUT2D eigenvalue weighted by molar-refractivity contribution is 7.15. The van der Waals surface area contributed by atoms with Crippen molar-refractivity contribution in [2.45, 2.75) is 46.7 Å². The Hall–Kier alpha value is -0.650. The molecule has 1 atom stereocenters. The fourth-order valence-electron chi connectivity index (χ4n) is 2.80. The molecule has 5 heteroatoms. The van der Waals surface area contributed by atoms with Gasteiger partial charge in [-0.25, -0.2) is 4.98 Å². The molecule has 4 nitrogen and oxygen atoms in total. The number of nitrogens with one attached hydrogen (secondary N) is 1. The van der Waals surface area contributed by atoms with Gasteiger partial charge in [-0.15, -0.1) is 11.3 Å². The fraction of sp³-hybridized carbons (Fsp3) is 0.800. The van der Waals surface area contributed by atoms with Gasteiger partial charge in [0.05, 0.1) is 5.69 Å². The Labute approximate surface area is 127 Å². The van der Waals surface area contributed by atoms with Gasteiger partial charge in [-0.05, 0) is 26.4 Å². The van der Waals surface area contributed by atoms with Crippen LogP contribution in [0.4, 0.5) is 5.13 Å². The van der Waals surface area contributed by atoms with Crippen LogP contribution in [0.2, 0.25) is 0 Å². The van der Waals surface area contributed by atoms with Crippen molar-refractivity contribution in [2.24, 2.45) is 0 Å². The standard InChI is InChI=1S/C15H28N4S/c1-5-13-14(10-16-6-2)20-15(17-13)19-9-8-18(7-3)12(4)11-19/h12,16H,5-11H2,1-4H3. The third kappa shape index (κ3) is 3.51. The van der Waals surface area contributed by atoms with E-state index >= 15 is 0 Å². The third-order valence-electron chi connectivity index (χ3n) is 4.08. The van der Waals surface area contributed by atoms with E-state index in [9.17, 15) is 0 Å². The molecule has 0 bridgehead atoms. The average molecular weight is 296 g/mol. The molecular weight excluding hydrogens is 268 g/mol. The molecule has 2 rings (SSSR count). The highest BCUT2D eigenvalue weighted by Crippen LogP contribution is 2.28. The highest BCUT2D eigenvalue weighted by atomic mass is 32.1. The number of hydrogen-bond donors (Lipinski definition) is 1. The summed E-state index contributed by atoms with van der Waals surface area (Å²) < 4.78 is 0. The second kappa shape index (κ2) is 7.38. The molecule has 114 valence electrons. The molecule has 0 saturated carbocycles. The monoisotopic (exact) mass is 296 g/mol. The van der Waals surface area contributed by atoms with E-state index in [0.717, 1.165) is 45.7 Å². The summed E-state index contributed by atoms with van der Waals surface area (Å²) in [5.74, 6) is 0. The Morgan fingerprint density at radius 1 is 1.30 bits per heavy atom. The van der Waals surface area contributed by atoms with Gasteiger partial charge in [-0.1, -0.05) is 20.8 Å². The molecule has 0 amide bonds. The normalized spacial score (nSPS) is 20.6. The van der Waals surface area contributed by atoms with Crippen LogP contribution in [-0.2, 0) is 13.0 Å². The van der Waals surface area contributed by atoms with Crippen molar-refractivity contribution in [1.29, 1.82) is 0 Å². The molecule has 1 aromatic heterocycles. The average Bonchev–Trinajstić information content (AvgIpc) is 2.88. The van der Waals surface area contributed by atoms with E-state index in [1.165, 1.54) is 15.7 Å².